The molecule has 0 radical (unpaired) electrons. The molecular weight excluding hydrogens is 609 g/mol. The lowest BCUT2D eigenvalue weighted by molar-refractivity contribution is -0.147. The summed E-state index contributed by atoms with van der Waals surface area (Å²) < 4.78 is 40.6. The maximum absolute atomic E-state index is 15.3. The number of pyridine rings is 1. The average molecular weight is 646 g/mol. The Labute approximate surface area is 270 Å². The Bertz CT molecular complexity index is 1970. The van der Waals surface area contributed by atoms with Crippen LogP contribution in [0.3, 0.4) is 0 Å². The van der Waals surface area contributed by atoms with Gasteiger partial charge >= 0.3 is 5.97 Å². The molecule has 2 heterocycles. The number of methoxy groups -OCH3 is 1. The largest absolute Gasteiger partial charge is 0.493 e. The molecule has 5 aromatic rings. The summed E-state index contributed by atoms with van der Waals surface area (Å²) in [6.45, 7) is 3.14. The Kier molecular flexibility index (Phi) is 10.6. The number of hydrogen-bond acceptors (Lipinski definition) is 9. The molecule has 0 unspecified atom stereocenters. The van der Waals surface area contributed by atoms with E-state index in [0.717, 1.165) is 6.07 Å². The molecule has 0 saturated heterocycles. The summed E-state index contributed by atoms with van der Waals surface area (Å²) in [5.41, 5.74) is 6.40. The molecule has 3 aromatic carbocycles. The van der Waals surface area contributed by atoms with Gasteiger partial charge in [0.15, 0.2) is 23.1 Å². The highest BCUT2D eigenvalue weighted by Crippen LogP contribution is 2.38. The van der Waals surface area contributed by atoms with Crippen LogP contribution < -0.4 is 30.8 Å². The zero-order valence-corrected chi connectivity index (χ0v) is 25.6. The highest BCUT2D eigenvalue weighted by Gasteiger charge is 2.23. The standard InChI is InChI=1S/C33H32FN5O7.CH4/c1-19(45-30(40)17-35)18-44-29-16-25-23(15-28(29)43-4)26(12-13-36-25)46-27-11-10-21(14-24(27)34)37-32(41)31-20(2)38(3)39(33(31)42)22-8-6-5-7-9-22;/h5-16,19H,17-18,35H2,1-4H3,(H,37,41);1H4/t19-;/m1./s1. The van der Waals surface area contributed by atoms with Crippen LogP contribution in [0.25, 0.3) is 16.6 Å². The first-order valence-corrected chi connectivity index (χ1v) is 14.2. The van der Waals surface area contributed by atoms with Crippen molar-refractivity contribution in [1.29, 1.82) is 0 Å². The fourth-order valence-electron chi connectivity index (χ4n) is 4.81. The third-order valence-electron chi connectivity index (χ3n) is 7.15. The van der Waals surface area contributed by atoms with Gasteiger partial charge in [0.1, 0.15) is 24.0 Å². The summed E-state index contributed by atoms with van der Waals surface area (Å²) in [6, 6.07) is 17.7. The van der Waals surface area contributed by atoms with Crippen molar-refractivity contribution in [1.82, 2.24) is 14.3 Å². The van der Waals surface area contributed by atoms with Gasteiger partial charge in [0, 0.05) is 36.5 Å². The highest BCUT2D eigenvalue weighted by atomic mass is 19.1. The zero-order chi connectivity index (χ0) is 33.0. The predicted molar refractivity (Wildman–Crippen MR) is 175 cm³/mol. The highest BCUT2D eigenvalue weighted by molar-refractivity contribution is 6.05. The molecule has 0 aliphatic heterocycles. The minimum Gasteiger partial charge on any atom is -0.493 e. The number of fused-ring (bicyclic) bond motifs is 1. The SMILES string of the molecule is C.COc1cc2c(Oc3ccc(NC(=O)c4c(C)n(C)n(-c5ccccc5)c4=O)cc3F)ccnc2cc1OC[C@@H](C)OC(=O)CN. The van der Waals surface area contributed by atoms with Crippen molar-refractivity contribution in [3.63, 3.8) is 0 Å². The number of hydrogen-bond donors (Lipinski definition) is 2. The number of para-hydroxylation sites is 1. The van der Waals surface area contributed by atoms with Gasteiger partial charge in [0.05, 0.1) is 30.6 Å². The Morgan fingerprint density at radius 2 is 1.77 bits per heavy atom. The molecular formula is C34H36FN5O7. The molecule has 3 N–H and O–H groups in total. The molecule has 1 atom stereocenters. The number of ether oxygens (including phenoxy) is 4. The molecule has 0 aliphatic rings. The number of esters is 1. The van der Waals surface area contributed by atoms with Crippen molar-refractivity contribution in [3.05, 3.63) is 100 Å². The fraction of sp³-hybridized carbons (Fsp3) is 0.235. The van der Waals surface area contributed by atoms with E-state index < -0.39 is 29.4 Å². The molecule has 5 rings (SSSR count). The number of nitrogens with two attached hydrogens (primary N) is 1. The number of amides is 1. The van der Waals surface area contributed by atoms with E-state index in [2.05, 4.69) is 10.3 Å². The third-order valence-corrected chi connectivity index (χ3v) is 7.15. The Hall–Kier alpha value is -5.69. The van der Waals surface area contributed by atoms with Crippen LogP contribution in [-0.4, -0.2) is 52.6 Å². The predicted octanol–water partition coefficient (Wildman–Crippen LogP) is 5.13. The van der Waals surface area contributed by atoms with Crippen LogP contribution >= 0.6 is 0 Å². The number of aromatic nitrogens is 3. The molecule has 12 nitrogen and oxygen atoms in total. The van der Waals surface area contributed by atoms with Gasteiger partial charge in [-0.2, -0.15) is 0 Å². The molecule has 246 valence electrons. The lowest BCUT2D eigenvalue weighted by Gasteiger charge is -2.17. The van der Waals surface area contributed by atoms with Crippen molar-refractivity contribution >= 4 is 28.5 Å². The van der Waals surface area contributed by atoms with Crippen molar-refractivity contribution in [2.24, 2.45) is 12.8 Å². The van der Waals surface area contributed by atoms with Crippen molar-refractivity contribution < 1.29 is 32.9 Å². The first-order valence-electron chi connectivity index (χ1n) is 14.2. The van der Waals surface area contributed by atoms with Gasteiger partial charge < -0.3 is 30.0 Å². The first-order chi connectivity index (χ1) is 22.1. The number of carbonyl (C=O) groups excluding carboxylic acids is 2. The normalized spacial score (nSPS) is 11.4. The molecule has 1 amide bonds. The van der Waals surface area contributed by atoms with Crippen molar-refractivity contribution in [2.45, 2.75) is 27.4 Å². The number of nitrogens with zero attached hydrogens (tertiary/aromatic N) is 3. The van der Waals surface area contributed by atoms with Gasteiger partial charge in [0.2, 0.25) is 0 Å². The van der Waals surface area contributed by atoms with Crippen LogP contribution in [0.1, 0.15) is 30.4 Å². The van der Waals surface area contributed by atoms with Crippen LogP contribution in [0.15, 0.2) is 77.7 Å². The smallest absolute Gasteiger partial charge is 0.320 e. The van der Waals surface area contributed by atoms with Crippen LogP contribution in [0.4, 0.5) is 10.1 Å². The zero-order valence-electron chi connectivity index (χ0n) is 25.6. The van der Waals surface area contributed by atoms with E-state index in [0.29, 0.717) is 33.8 Å². The van der Waals surface area contributed by atoms with Gasteiger partial charge in [0.25, 0.3) is 11.5 Å². The van der Waals surface area contributed by atoms with Crippen LogP contribution in [0, 0.1) is 12.7 Å². The van der Waals surface area contributed by atoms with Gasteiger partial charge in [-0.25, -0.2) is 9.07 Å². The van der Waals surface area contributed by atoms with E-state index in [1.54, 1.807) is 68.0 Å². The third kappa shape index (κ3) is 7.25. The van der Waals surface area contributed by atoms with Gasteiger partial charge in [-0.3, -0.25) is 24.0 Å². The fourth-order valence-corrected chi connectivity index (χ4v) is 4.81. The Balaban J connectivity index is 0.00000500. The van der Waals surface area contributed by atoms with E-state index in [1.807, 2.05) is 6.07 Å². The van der Waals surface area contributed by atoms with Crippen LogP contribution in [0.5, 0.6) is 23.0 Å². The van der Waals surface area contributed by atoms with E-state index >= 15 is 4.39 Å². The van der Waals surface area contributed by atoms with E-state index in [9.17, 15) is 14.4 Å². The number of benzene rings is 3. The summed E-state index contributed by atoms with van der Waals surface area (Å²) in [4.78, 5) is 42.2. The molecule has 0 spiro atoms. The second kappa shape index (κ2) is 14.6. The number of rotatable bonds is 11. The lowest BCUT2D eigenvalue weighted by Crippen LogP contribution is -2.26. The lowest BCUT2D eigenvalue weighted by atomic mass is 10.1. The summed E-state index contributed by atoms with van der Waals surface area (Å²) in [5, 5.41) is 3.13. The van der Waals surface area contributed by atoms with E-state index in [1.165, 1.54) is 30.1 Å². The van der Waals surface area contributed by atoms with E-state index in [-0.39, 0.29) is 43.3 Å². The number of carbonyl (C=O) groups is 2. The van der Waals surface area contributed by atoms with Crippen molar-refractivity contribution in [2.75, 3.05) is 25.6 Å². The molecule has 0 aliphatic carbocycles. The number of halogens is 1. The summed E-state index contributed by atoms with van der Waals surface area (Å²) in [6.07, 6.45) is 0.941. The minimum atomic E-state index is -0.748. The topological polar surface area (TPSA) is 149 Å². The average Bonchev–Trinajstić information content (AvgIpc) is 3.27. The van der Waals surface area contributed by atoms with E-state index in [4.69, 9.17) is 24.7 Å². The summed E-state index contributed by atoms with van der Waals surface area (Å²) in [5.74, 6) is -1.08. The van der Waals surface area contributed by atoms with Crippen LogP contribution in [-0.2, 0) is 16.6 Å². The summed E-state index contributed by atoms with van der Waals surface area (Å²) in [7, 11) is 3.14. The van der Waals surface area contributed by atoms with Crippen LogP contribution in [0.2, 0.25) is 0 Å². The van der Waals surface area contributed by atoms with Gasteiger partial charge in [-0.05, 0) is 50.2 Å². The van der Waals surface area contributed by atoms with Gasteiger partial charge in [-0.15, -0.1) is 0 Å². The maximum Gasteiger partial charge on any atom is 0.320 e. The molecule has 2 aromatic heterocycles. The molecule has 0 bridgehead atoms. The number of nitrogens with one attached hydrogen (secondary N) is 1. The minimum absolute atomic E-state index is 0. The summed E-state index contributed by atoms with van der Waals surface area (Å²) >= 11 is 0. The monoisotopic (exact) mass is 645 g/mol. The molecule has 0 saturated carbocycles. The second-order valence-corrected chi connectivity index (χ2v) is 10.3. The molecule has 13 heteroatoms. The Morgan fingerprint density at radius 3 is 2.45 bits per heavy atom. The van der Waals surface area contributed by atoms with Gasteiger partial charge in [-0.1, -0.05) is 25.6 Å². The second-order valence-electron chi connectivity index (χ2n) is 10.3. The quantitative estimate of drug-likeness (QED) is 0.187. The first kappa shape index (κ1) is 34.2. The Morgan fingerprint density at radius 1 is 1.02 bits per heavy atom. The number of anilines is 1. The molecule has 47 heavy (non-hydrogen) atoms. The van der Waals surface area contributed by atoms with Crippen molar-refractivity contribution in [3.8, 4) is 28.7 Å². The molecule has 0 fully saturated rings. The maximum atomic E-state index is 15.3.